The zero-order valence-electron chi connectivity index (χ0n) is 7.23. The predicted molar refractivity (Wildman–Crippen MR) is 54.5 cm³/mol. The van der Waals surface area contributed by atoms with Gasteiger partial charge in [0.2, 0.25) is 0 Å². The Balaban J connectivity index is 3.19. The fourth-order valence-corrected chi connectivity index (χ4v) is 1.51. The van der Waals surface area contributed by atoms with Gasteiger partial charge in [0, 0.05) is 4.47 Å². The highest BCUT2D eigenvalue weighted by Crippen LogP contribution is 2.31. The van der Waals surface area contributed by atoms with Crippen molar-refractivity contribution in [2.45, 2.75) is 13.3 Å². The quantitative estimate of drug-likeness (QED) is 0.792. The molecule has 0 heterocycles. The van der Waals surface area contributed by atoms with Gasteiger partial charge in [0.05, 0.1) is 12.8 Å². The molecule has 0 spiro atoms. The van der Waals surface area contributed by atoms with Gasteiger partial charge in [0.1, 0.15) is 5.75 Å². The summed E-state index contributed by atoms with van der Waals surface area (Å²) >= 11 is 3.37. The molecular formula is C9H12BrNO. The number of halogens is 1. The average molecular weight is 230 g/mol. The Kier molecular flexibility index (Phi) is 2.98. The third-order valence-electron chi connectivity index (χ3n) is 1.78. The topological polar surface area (TPSA) is 35.2 Å². The second kappa shape index (κ2) is 3.81. The molecule has 0 unspecified atom stereocenters. The lowest BCUT2D eigenvalue weighted by Gasteiger charge is -2.08. The first-order chi connectivity index (χ1) is 5.69. The zero-order valence-corrected chi connectivity index (χ0v) is 8.81. The van der Waals surface area contributed by atoms with Crippen LogP contribution in [-0.4, -0.2) is 7.11 Å². The number of hydrogen-bond donors (Lipinski definition) is 1. The number of hydrogen-bond acceptors (Lipinski definition) is 2. The largest absolute Gasteiger partial charge is 0.495 e. The summed E-state index contributed by atoms with van der Waals surface area (Å²) in [5, 5.41) is 0. The first-order valence-electron chi connectivity index (χ1n) is 3.81. The SMILES string of the molecule is CCc1cc(Br)c(N)c(OC)c1. The van der Waals surface area contributed by atoms with Crippen molar-refractivity contribution in [3.63, 3.8) is 0 Å². The van der Waals surface area contributed by atoms with Crippen molar-refractivity contribution in [2.24, 2.45) is 0 Å². The number of rotatable bonds is 2. The molecule has 2 N–H and O–H groups in total. The highest BCUT2D eigenvalue weighted by molar-refractivity contribution is 9.10. The molecule has 0 saturated carbocycles. The van der Waals surface area contributed by atoms with E-state index >= 15 is 0 Å². The second-order valence-corrected chi connectivity index (χ2v) is 3.40. The van der Waals surface area contributed by atoms with Crippen LogP contribution >= 0.6 is 15.9 Å². The molecule has 1 aromatic carbocycles. The summed E-state index contributed by atoms with van der Waals surface area (Å²) in [6.07, 6.45) is 0.981. The van der Waals surface area contributed by atoms with E-state index in [1.807, 2.05) is 12.1 Å². The van der Waals surface area contributed by atoms with Crippen LogP contribution in [0.2, 0.25) is 0 Å². The van der Waals surface area contributed by atoms with Crippen molar-refractivity contribution in [3.05, 3.63) is 22.2 Å². The maximum atomic E-state index is 5.74. The lowest BCUT2D eigenvalue weighted by molar-refractivity contribution is 0.416. The van der Waals surface area contributed by atoms with E-state index in [4.69, 9.17) is 10.5 Å². The van der Waals surface area contributed by atoms with E-state index in [1.54, 1.807) is 7.11 Å². The molecule has 0 aliphatic rings. The van der Waals surface area contributed by atoms with Crippen molar-refractivity contribution in [3.8, 4) is 5.75 Å². The van der Waals surface area contributed by atoms with Crippen molar-refractivity contribution in [1.82, 2.24) is 0 Å². The van der Waals surface area contributed by atoms with Gasteiger partial charge >= 0.3 is 0 Å². The van der Waals surface area contributed by atoms with Gasteiger partial charge in [-0.05, 0) is 40.0 Å². The predicted octanol–water partition coefficient (Wildman–Crippen LogP) is 2.60. The van der Waals surface area contributed by atoms with Crippen LogP contribution in [0.4, 0.5) is 5.69 Å². The van der Waals surface area contributed by atoms with Gasteiger partial charge in [-0.25, -0.2) is 0 Å². The number of anilines is 1. The Morgan fingerprint density at radius 2 is 2.17 bits per heavy atom. The normalized spacial score (nSPS) is 9.92. The van der Waals surface area contributed by atoms with Crippen LogP contribution < -0.4 is 10.5 Å². The molecule has 12 heavy (non-hydrogen) atoms. The number of nitrogens with two attached hydrogens (primary N) is 1. The third-order valence-corrected chi connectivity index (χ3v) is 2.44. The summed E-state index contributed by atoms with van der Waals surface area (Å²) in [4.78, 5) is 0. The van der Waals surface area contributed by atoms with Crippen molar-refractivity contribution >= 4 is 21.6 Å². The number of benzene rings is 1. The van der Waals surface area contributed by atoms with Gasteiger partial charge in [-0.15, -0.1) is 0 Å². The standard InChI is InChI=1S/C9H12BrNO/c1-3-6-4-7(10)9(11)8(5-6)12-2/h4-5H,3,11H2,1-2H3. The van der Waals surface area contributed by atoms with Gasteiger partial charge in [-0.2, -0.15) is 0 Å². The van der Waals surface area contributed by atoms with E-state index in [1.165, 1.54) is 5.56 Å². The maximum absolute atomic E-state index is 5.74. The minimum absolute atomic E-state index is 0.662. The average Bonchev–Trinajstić information content (AvgIpc) is 2.09. The Bertz CT molecular complexity index is 286. The maximum Gasteiger partial charge on any atom is 0.143 e. The van der Waals surface area contributed by atoms with Crippen molar-refractivity contribution < 1.29 is 4.74 Å². The van der Waals surface area contributed by atoms with Crippen molar-refractivity contribution in [2.75, 3.05) is 12.8 Å². The van der Waals surface area contributed by atoms with Crippen LogP contribution in [-0.2, 0) is 6.42 Å². The molecule has 1 rings (SSSR count). The third kappa shape index (κ3) is 1.72. The lowest BCUT2D eigenvalue weighted by Crippen LogP contribution is -1.95. The van der Waals surface area contributed by atoms with Crippen molar-refractivity contribution in [1.29, 1.82) is 0 Å². The summed E-state index contributed by atoms with van der Waals surface area (Å²) in [5.41, 5.74) is 7.62. The summed E-state index contributed by atoms with van der Waals surface area (Å²) in [6.45, 7) is 2.09. The molecule has 1 aromatic rings. The first kappa shape index (κ1) is 9.39. The highest BCUT2D eigenvalue weighted by atomic mass is 79.9. The Labute approximate surface area is 80.8 Å². The minimum Gasteiger partial charge on any atom is -0.495 e. The molecular weight excluding hydrogens is 218 g/mol. The van der Waals surface area contributed by atoms with E-state index in [0.717, 1.165) is 16.6 Å². The monoisotopic (exact) mass is 229 g/mol. The zero-order chi connectivity index (χ0) is 9.14. The number of methoxy groups -OCH3 is 1. The molecule has 3 heteroatoms. The number of aryl methyl sites for hydroxylation is 1. The van der Waals surface area contributed by atoms with Crippen LogP contribution in [0.3, 0.4) is 0 Å². The molecule has 0 aromatic heterocycles. The van der Waals surface area contributed by atoms with Gasteiger partial charge < -0.3 is 10.5 Å². The van der Waals surface area contributed by atoms with Gasteiger partial charge in [-0.3, -0.25) is 0 Å². The first-order valence-corrected chi connectivity index (χ1v) is 4.60. The lowest BCUT2D eigenvalue weighted by atomic mass is 10.1. The minimum atomic E-state index is 0.662. The molecule has 2 nitrogen and oxygen atoms in total. The second-order valence-electron chi connectivity index (χ2n) is 2.55. The molecule has 66 valence electrons. The smallest absolute Gasteiger partial charge is 0.143 e. The van der Waals surface area contributed by atoms with Crippen LogP contribution in [0.15, 0.2) is 16.6 Å². The molecule has 0 fully saturated rings. The fraction of sp³-hybridized carbons (Fsp3) is 0.333. The van der Waals surface area contributed by atoms with Crippen LogP contribution in [0, 0.1) is 0 Å². The Morgan fingerprint density at radius 3 is 2.67 bits per heavy atom. The summed E-state index contributed by atoms with van der Waals surface area (Å²) < 4.78 is 6.01. The summed E-state index contributed by atoms with van der Waals surface area (Å²) in [7, 11) is 1.62. The van der Waals surface area contributed by atoms with Gasteiger partial charge in [-0.1, -0.05) is 6.92 Å². The van der Waals surface area contributed by atoms with E-state index in [2.05, 4.69) is 22.9 Å². The summed E-state index contributed by atoms with van der Waals surface area (Å²) in [5.74, 6) is 0.737. The Morgan fingerprint density at radius 1 is 1.50 bits per heavy atom. The molecule has 0 radical (unpaired) electrons. The molecule has 0 aliphatic carbocycles. The van der Waals surface area contributed by atoms with Crippen LogP contribution in [0.25, 0.3) is 0 Å². The van der Waals surface area contributed by atoms with E-state index in [9.17, 15) is 0 Å². The molecule has 0 saturated heterocycles. The number of nitrogen functional groups attached to an aromatic ring is 1. The Hall–Kier alpha value is -0.700. The van der Waals surface area contributed by atoms with E-state index < -0.39 is 0 Å². The number of ether oxygens (including phenoxy) is 1. The van der Waals surface area contributed by atoms with Gasteiger partial charge in [0.15, 0.2) is 0 Å². The van der Waals surface area contributed by atoms with Gasteiger partial charge in [0.25, 0.3) is 0 Å². The molecule has 0 atom stereocenters. The summed E-state index contributed by atoms with van der Waals surface area (Å²) in [6, 6.07) is 3.97. The highest BCUT2D eigenvalue weighted by Gasteiger charge is 2.04. The molecule has 0 aliphatic heterocycles. The molecule has 0 amide bonds. The van der Waals surface area contributed by atoms with Crippen LogP contribution in [0.5, 0.6) is 5.75 Å². The van der Waals surface area contributed by atoms with Crippen LogP contribution in [0.1, 0.15) is 12.5 Å². The van der Waals surface area contributed by atoms with E-state index in [-0.39, 0.29) is 0 Å². The fourth-order valence-electron chi connectivity index (χ4n) is 1.02. The van der Waals surface area contributed by atoms with E-state index in [0.29, 0.717) is 5.69 Å². The molecule has 0 bridgehead atoms.